The molecule has 168 valence electrons. The van der Waals surface area contributed by atoms with Crippen LogP contribution in [0.3, 0.4) is 0 Å². The van der Waals surface area contributed by atoms with Gasteiger partial charge in [0, 0.05) is 25.0 Å². The van der Waals surface area contributed by atoms with Gasteiger partial charge in [-0.05, 0) is 41.0 Å². The van der Waals surface area contributed by atoms with E-state index < -0.39 is 17.8 Å². The zero-order valence-electron chi connectivity index (χ0n) is 17.3. The maximum atomic E-state index is 13.2. The van der Waals surface area contributed by atoms with Gasteiger partial charge in [-0.25, -0.2) is 4.68 Å². The molecular formula is C24H20F3N5O. The maximum Gasteiger partial charge on any atom is 0.435 e. The van der Waals surface area contributed by atoms with Crippen LogP contribution >= 0.6 is 0 Å². The van der Waals surface area contributed by atoms with E-state index in [1.165, 1.54) is 0 Å². The van der Waals surface area contributed by atoms with Crippen LogP contribution in [0, 0.1) is 0 Å². The fourth-order valence-electron chi connectivity index (χ4n) is 3.52. The fraction of sp³-hybridized carbons (Fsp3) is 0.125. The lowest BCUT2D eigenvalue weighted by Gasteiger charge is -2.21. The van der Waals surface area contributed by atoms with Crippen molar-refractivity contribution in [1.82, 2.24) is 20.1 Å². The topological polar surface area (TPSA) is 85.8 Å². The van der Waals surface area contributed by atoms with Crippen molar-refractivity contribution >= 4 is 5.91 Å². The maximum absolute atomic E-state index is 13.2. The standard InChI is InChI=1S/C24H20F3N5O/c25-24(26,27)21-14-20(23(28)33)32(31-21)19-8-4-7-18(13-19)22(17-5-2-1-3-6-17)30-15-16-9-11-29-12-10-16/h1-14,22,30H,15H2,(H2,28,33). The highest BCUT2D eigenvalue weighted by molar-refractivity contribution is 5.91. The first-order valence-electron chi connectivity index (χ1n) is 10.1. The Kier molecular flexibility index (Phi) is 6.23. The Balaban J connectivity index is 1.73. The molecule has 0 aliphatic carbocycles. The van der Waals surface area contributed by atoms with Gasteiger partial charge in [-0.15, -0.1) is 0 Å². The van der Waals surface area contributed by atoms with Crippen molar-refractivity contribution in [2.24, 2.45) is 5.73 Å². The molecular weight excluding hydrogens is 431 g/mol. The number of primary amides is 1. The molecule has 1 amide bonds. The first kappa shape index (κ1) is 22.2. The van der Waals surface area contributed by atoms with Crippen molar-refractivity contribution < 1.29 is 18.0 Å². The van der Waals surface area contributed by atoms with Crippen LogP contribution < -0.4 is 11.1 Å². The van der Waals surface area contributed by atoms with Crippen molar-refractivity contribution in [3.8, 4) is 5.69 Å². The Morgan fingerprint density at radius 1 is 0.970 bits per heavy atom. The van der Waals surface area contributed by atoms with Crippen LogP contribution in [0.25, 0.3) is 5.69 Å². The number of nitrogens with one attached hydrogen (secondary N) is 1. The third-order valence-corrected chi connectivity index (χ3v) is 5.09. The van der Waals surface area contributed by atoms with Crippen LogP contribution in [0.15, 0.2) is 85.2 Å². The lowest BCUT2D eigenvalue weighted by molar-refractivity contribution is -0.141. The smallest absolute Gasteiger partial charge is 0.364 e. The van der Waals surface area contributed by atoms with Crippen molar-refractivity contribution in [2.75, 3.05) is 0 Å². The van der Waals surface area contributed by atoms with Crippen LogP contribution in [0.4, 0.5) is 13.2 Å². The molecule has 0 aliphatic rings. The van der Waals surface area contributed by atoms with Crippen LogP contribution in [0.5, 0.6) is 0 Å². The van der Waals surface area contributed by atoms with E-state index in [0.717, 1.165) is 21.4 Å². The molecule has 6 nitrogen and oxygen atoms in total. The summed E-state index contributed by atoms with van der Waals surface area (Å²) < 4.78 is 40.6. The summed E-state index contributed by atoms with van der Waals surface area (Å²) in [7, 11) is 0. The van der Waals surface area contributed by atoms with E-state index in [1.54, 1.807) is 30.6 Å². The van der Waals surface area contributed by atoms with E-state index in [2.05, 4.69) is 15.4 Å². The SMILES string of the molecule is NC(=O)c1cc(C(F)(F)F)nn1-c1cccc(C(NCc2ccncc2)c2ccccc2)c1. The van der Waals surface area contributed by atoms with Crippen molar-refractivity contribution in [3.63, 3.8) is 0 Å². The Morgan fingerprint density at radius 2 is 1.67 bits per heavy atom. The number of pyridine rings is 1. The second kappa shape index (κ2) is 9.25. The van der Waals surface area contributed by atoms with Gasteiger partial charge in [0.15, 0.2) is 5.69 Å². The lowest BCUT2D eigenvalue weighted by Crippen LogP contribution is -2.22. The predicted octanol–water partition coefficient (Wildman–Crippen LogP) is 4.26. The Bertz CT molecular complexity index is 1240. The van der Waals surface area contributed by atoms with Crippen LogP contribution in [-0.2, 0) is 12.7 Å². The number of nitrogens with zero attached hydrogens (tertiary/aromatic N) is 3. The molecule has 1 unspecified atom stereocenters. The van der Waals surface area contributed by atoms with Gasteiger partial charge in [-0.1, -0.05) is 42.5 Å². The second-order valence-corrected chi connectivity index (χ2v) is 7.36. The molecule has 4 rings (SSSR count). The lowest BCUT2D eigenvalue weighted by atomic mass is 9.98. The molecule has 2 aromatic heterocycles. The minimum atomic E-state index is -4.70. The summed E-state index contributed by atoms with van der Waals surface area (Å²) in [4.78, 5) is 15.8. The number of carbonyl (C=O) groups excluding carboxylic acids is 1. The van der Waals surface area contributed by atoms with Gasteiger partial charge in [0.05, 0.1) is 11.7 Å². The summed E-state index contributed by atoms with van der Waals surface area (Å²) >= 11 is 0. The first-order chi connectivity index (χ1) is 15.8. The number of benzene rings is 2. The van der Waals surface area contributed by atoms with Gasteiger partial charge in [-0.3, -0.25) is 9.78 Å². The molecule has 0 radical (unpaired) electrons. The highest BCUT2D eigenvalue weighted by Gasteiger charge is 2.36. The molecule has 0 fully saturated rings. The average molecular weight is 451 g/mol. The van der Waals surface area contributed by atoms with Crippen LogP contribution in [-0.4, -0.2) is 20.7 Å². The molecule has 0 spiro atoms. The molecule has 1 atom stereocenters. The third kappa shape index (κ3) is 5.09. The molecule has 0 bridgehead atoms. The summed E-state index contributed by atoms with van der Waals surface area (Å²) in [5, 5.41) is 7.09. The number of aromatic nitrogens is 3. The van der Waals surface area contributed by atoms with Crippen molar-refractivity contribution in [2.45, 2.75) is 18.8 Å². The number of halogens is 3. The number of rotatable bonds is 7. The molecule has 0 saturated carbocycles. The molecule has 4 aromatic rings. The van der Waals surface area contributed by atoms with Gasteiger partial charge >= 0.3 is 6.18 Å². The first-order valence-corrected chi connectivity index (χ1v) is 10.1. The fourth-order valence-corrected chi connectivity index (χ4v) is 3.52. The summed E-state index contributed by atoms with van der Waals surface area (Å²) in [6, 6.07) is 20.7. The monoisotopic (exact) mass is 451 g/mol. The average Bonchev–Trinajstić information content (AvgIpc) is 3.28. The van der Waals surface area contributed by atoms with Gasteiger partial charge in [0.2, 0.25) is 0 Å². The Hall–Kier alpha value is -3.98. The van der Waals surface area contributed by atoms with Crippen molar-refractivity contribution in [3.05, 3.63) is 113 Å². The van der Waals surface area contributed by atoms with E-state index in [4.69, 9.17) is 5.73 Å². The number of amides is 1. The van der Waals surface area contributed by atoms with Gasteiger partial charge in [-0.2, -0.15) is 18.3 Å². The minimum Gasteiger partial charge on any atom is -0.364 e. The molecule has 0 saturated heterocycles. The van der Waals surface area contributed by atoms with Gasteiger partial charge in [0.1, 0.15) is 5.69 Å². The van der Waals surface area contributed by atoms with Crippen molar-refractivity contribution in [1.29, 1.82) is 0 Å². The molecule has 9 heteroatoms. The van der Waals surface area contributed by atoms with E-state index in [1.807, 2.05) is 48.5 Å². The molecule has 0 aliphatic heterocycles. The summed E-state index contributed by atoms with van der Waals surface area (Å²) in [6.07, 6.45) is -1.29. The summed E-state index contributed by atoms with van der Waals surface area (Å²) in [5.41, 5.74) is 6.87. The number of hydrogen-bond acceptors (Lipinski definition) is 4. The van der Waals surface area contributed by atoms with Gasteiger partial charge in [0.25, 0.3) is 5.91 Å². The molecule has 2 heterocycles. The number of nitrogens with two attached hydrogens (primary N) is 1. The third-order valence-electron chi connectivity index (χ3n) is 5.09. The number of hydrogen-bond donors (Lipinski definition) is 2. The predicted molar refractivity (Wildman–Crippen MR) is 116 cm³/mol. The highest BCUT2D eigenvalue weighted by atomic mass is 19.4. The number of alkyl halides is 3. The quantitative estimate of drug-likeness (QED) is 0.440. The molecule has 3 N–H and O–H groups in total. The summed E-state index contributed by atoms with van der Waals surface area (Å²) in [5.74, 6) is -1.00. The number of carbonyl (C=O) groups is 1. The molecule has 33 heavy (non-hydrogen) atoms. The van der Waals surface area contributed by atoms with Crippen LogP contribution in [0.1, 0.15) is 38.9 Å². The van der Waals surface area contributed by atoms with E-state index in [-0.39, 0.29) is 11.7 Å². The van der Waals surface area contributed by atoms with Gasteiger partial charge < -0.3 is 11.1 Å². The van der Waals surface area contributed by atoms with E-state index >= 15 is 0 Å². The molecule has 2 aromatic carbocycles. The zero-order valence-corrected chi connectivity index (χ0v) is 17.3. The minimum absolute atomic E-state index is 0.269. The van der Waals surface area contributed by atoms with Crippen LogP contribution in [0.2, 0.25) is 0 Å². The normalized spacial score (nSPS) is 12.5. The second-order valence-electron chi connectivity index (χ2n) is 7.36. The summed E-state index contributed by atoms with van der Waals surface area (Å²) in [6.45, 7) is 0.541. The largest absolute Gasteiger partial charge is 0.435 e. The Morgan fingerprint density at radius 3 is 2.33 bits per heavy atom. The zero-order chi connectivity index (χ0) is 23.4. The Labute approximate surface area is 187 Å². The van der Waals surface area contributed by atoms with E-state index in [9.17, 15) is 18.0 Å². The van der Waals surface area contributed by atoms with E-state index in [0.29, 0.717) is 18.3 Å². The highest BCUT2D eigenvalue weighted by Crippen LogP contribution is 2.30.